The molecule has 0 amide bonds. The SMILES string of the molecule is COC(=O)c1ccc(N(Cc2ccc(Br)cc2F)S(C)(=O)=O)cc1. The number of halogens is 2. The molecule has 5 nitrogen and oxygen atoms in total. The van der Waals surface area contributed by atoms with Gasteiger partial charge < -0.3 is 4.74 Å². The highest BCUT2D eigenvalue weighted by Crippen LogP contribution is 2.24. The van der Waals surface area contributed by atoms with Crippen molar-refractivity contribution in [2.75, 3.05) is 17.7 Å². The van der Waals surface area contributed by atoms with Gasteiger partial charge in [-0.3, -0.25) is 4.31 Å². The molecule has 0 unspecified atom stereocenters. The van der Waals surface area contributed by atoms with Crippen molar-refractivity contribution >= 4 is 37.6 Å². The van der Waals surface area contributed by atoms with E-state index in [9.17, 15) is 17.6 Å². The number of ether oxygens (including phenoxy) is 1. The fourth-order valence-corrected chi connectivity index (χ4v) is 3.30. The maximum Gasteiger partial charge on any atom is 0.337 e. The van der Waals surface area contributed by atoms with Gasteiger partial charge in [0, 0.05) is 10.0 Å². The van der Waals surface area contributed by atoms with Crippen LogP contribution in [-0.4, -0.2) is 27.8 Å². The van der Waals surface area contributed by atoms with E-state index in [0.717, 1.165) is 10.6 Å². The summed E-state index contributed by atoms with van der Waals surface area (Å²) in [6.45, 7) is -0.157. The molecule has 0 radical (unpaired) electrons. The number of esters is 1. The molecule has 0 bridgehead atoms. The normalized spacial score (nSPS) is 11.2. The van der Waals surface area contributed by atoms with Crippen LogP contribution in [0.3, 0.4) is 0 Å². The van der Waals surface area contributed by atoms with Crippen LogP contribution in [0, 0.1) is 5.82 Å². The molecule has 0 aliphatic rings. The number of sulfonamides is 1. The highest BCUT2D eigenvalue weighted by Gasteiger charge is 2.20. The van der Waals surface area contributed by atoms with Gasteiger partial charge in [0.2, 0.25) is 10.0 Å². The lowest BCUT2D eigenvalue weighted by Crippen LogP contribution is -2.29. The average molecular weight is 416 g/mol. The summed E-state index contributed by atoms with van der Waals surface area (Å²) in [5.74, 6) is -1.03. The van der Waals surface area contributed by atoms with Crippen molar-refractivity contribution in [1.82, 2.24) is 0 Å². The highest BCUT2D eigenvalue weighted by molar-refractivity contribution is 9.10. The first-order valence-electron chi connectivity index (χ1n) is 6.82. The second-order valence-corrected chi connectivity index (χ2v) is 7.87. The Balaban J connectivity index is 2.37. The van der Waals surface area contributed by atoms with E-state index in [4.69, 9.17) is 0 Å². The number of nitrogens with zero attached hydrogens (tertiary/aromatic N) is 1. The first-order chi connectivity index (χ1) is 11.2. The number of methoxy groups -OCH3 is 1. The Hall–Kier alpha value is -1.93. The Morgan fingerprint density at radius 1 is 1.21 bits per heavy atom. The zero-order chi connectivity index (χ0) is 17.9. The predicted octanol–water partition coefficient (Wildman–Crippen LogP) is 3.34. The molecule has 0 N–H and O–H groups in total. The molecule has 2 rings (SSSR count). The molecule has 0 aliphatic heterocycles. The number of anilines is 1. The number of hydrogen-bond donors (Lipinski definition) is 0. The molecule has 0 heterocycles. The summed E-state index contributed by atoms with van der Waals surface area (Å²) in [5, 5.41) is 0. The van der Waals surface area contributed by atoms with E-state index < -0.39 is 21.8 Å². The number of benzene rings is 2. The van der Waals surface area contributed by atoms with Crippen LogP contribution in [0.4, 0.5) is 10.1 Å². The Morgan fingerprint density at radius 2 is 1.83 bits per heavy atom. The van der Waals surface area contributed by atoms with Gasteiger partial charge in [0.15, 0.2) is 0 Å². The van der Waals surface area contributed by atoms with Crippen LogP contribution < -0.4 is 4.31 Å². The minimum atomic E-state index is -3.64. The summed E-state index contributed by atoms with van der Waals surface area (Å²) in [7, 11) is -2.38. The largest absolute Gasteiger partial charge is 0.465 e. The summed E-state index contributed by atoms with van der Waals surface area (Å²) < 4.78 is 44.4. The van der Waals surface area contributed by atoms with Gasteiger partial charge in [-0.05, 0) is 36.4 Å². The molecule has 8 heteroatoms. The average Bonchev–Trinajstić information content (AvgIpc) is 2.52. The van der Waals surface area contributed by atoms with E-state index in [1.165, 1.54) is 43.5 Å². The summed E-state index contributed by atoms with van der Waals surface area (Å²) in [6, 6.07) is 10.3. The van der Waals surface area contributed by atoms with Gasteiger partial charge in [-0.2, -0.15) is 0 Å². The van der Waals surface area contributed by atoms with Gasteiger partial charge in [-0.25, -0.2) is 17.6 Å². The first-order valence-corrected chi connectivity index (χ1v) is 9.46. The maximum absolute atomic E-state index is 14.0. The molecule has 0 spiro atoms. The molecule has 0 saturated heterocycles. The third-order valence-corrected chi connectivity index (χ3v) is 4.94. The lowest BCUT2D eigenvalue weighted by molar-refractivity contribution is 0.0600. The Bertz CT molecular complexity index is 853. The summed E-state index contributed by atoms with van der Waals surface area (Å²) in [5.41, 5.74) is 0.859. The minimum absolute atomic E-state index is 0.157. The highest BCUT2D eigenvalue weighted by atomic mass is 79.9. The standard InChI is InChI=1S/C16H15BrFNO4S/c1-23-16(20)11-4-7-14(8-5-11)19(24(2,21)22)10-12-3-6-13(17)9-15(12)18/h3-9H,10H2,1-2H3. The molecule has 24 heavy (non-hydrogen) atoms. The second kappa shape index (κ2) is 7.31. The summed E-state index contributed by atoms with van der Waals surface area (Å²) in [4.78, 5) is 11.5. The molecule has 0 fully saturated rings. The van der Waals surface area contributed by atoms with Crippen LogP contribution in [0.5, 0.6) is 0 Å². The van der Waals surface area contributed by atoms with Crippen molar-refractivity contribution in [2.24, 2.45) is 0 Å². The third-order valence-electron chi connectivity index (χ3n) is 3.31. The predicted molar refractivity (Wildman–Crippen MR) is 92.9 cm³/mol. The molecule has 2 aromatic carbocycles. The van der Waals surface area contributed by atoms with Crippen LogP contribution in [0.15, 0.2) is 46.9 Å². The summed E-state index contributed by atoms with van der Waals surface area (Å²) in [6.07, 6.45) is 1.04. The Labute approximate surface area is 148 Å². The zero-order valence-electron chi connectivity index (χ0n) is 13.0. The van der Waals surface area contributed by atoms with Gasteiger partial charge in [-0.1, -0.05) is 22.0 Å². The van der Waals surface area contributed by atoms with Gasteiger partial charge >= 0.3 is 5.97 Å². The monoisotopic (exact) mass is 415 g/mol. The molecule has 0 aliphatic carbocycles. The van der Waals surface area contributed by atoms with Crippen LogP contribution >= 0.6 is 15.9 Å². The van der Waals surface area contributed by atoms with Gasteiger partial charge in [-0.15, -0.1) is 0 Å². The topological polar surface area (TPSA) is 63.7 Å². The van der Waals surface area contributed by atoms with Crippen LogP contribution in [0.25, 0.3) is 0 Å². The zero-order valence-corrected chi connectivity index (χ0v) is 15.4. The molecule has 2 aromatic rings. The smallest absolute Gasteiger partial charge is 0.337 e. The lowest BCUT2D eigenvalue weighted by Gasteiger charge is -2.23. The van der Waals surface area contributed by atoms with Crippen LogP contribution in [0.1, 0.15) is 15.9 Å². The van der Waals surface area contributed by atoms with E-state index in [0.29, 0.717) is 15.7 Å². The molecular weight excluding hydrogens is 401 g/mol. The van der Waals surface area contributed by atoms with Crippen LogP contribution in [-0.2, 0) is 21.3 Å². The quantitative estimate of drug-likeness (QED) is 0.702. The second-order valence-electron chi connectivity index (χ2n) is 5.04. The third kappa shape index (κ3) is 4.33. The summed E-state index contributed by atoms with van der Waals surface area (Å²) >= 11 is 3.16. The van der Waals surface area contributed by atoms with Crippen molar-refractivity contribution in [3.05, 3.63) is 63.9 Å². The minimum Gasteiger partial charge on any atom is -0.465 e. The van der Waals surface area contributed by atoms with E-state index in [1.54, 1.807) is 6.07 Å². The fraction of sp³-hybridized carbons (Fsp3) is 0.188. The van der Waals surface area contributed by atoms with Crippen LogP contribution in [0.2, 0.25) is 0 Å². The van der Waals surface area contributed by atoms with Crippen molar-refractivity contribution in [2.45, 2.75) is 6.54 Å². The van der Waals surface area contributed by atoms with Crippen molar-refractivity contribution < 1.29 is 22.3 Å². The lowest BCUT2D eigenvalue weighted by atomic mass is 10.2. The molecule has 0 aromatic heterocycles. The van der Waals surface area contributed by atoms with Gasteiger partial charge in [0.1, 0.15) is 5.82 Å². The molecule has 128 valence electrons. The number of hydrogen-bond acceptors (Lipinski definition) is 4. The number of carbonyl (C=O) groups is 1. The van der Waals surface area contributed by atoms with Crippen molar-refractivity contribution in [3.8, 4) is 0 Å². The molecule has 0 saturated carbocycles. The van der Waals surface area contributed by atoms with Crippen molar-refractivity contribution in [1.29, 1.82) is 0 Å². The van der Waals surface area contributed by atoms with Gasteiger partial charge in [0.25, 0.3) is 0 Å². The van der Waals surface area contributed by atoms with E-state index in [2.05, 4.69) is 20.7 Å². The van der Waals surface area contributed by atoms with E-state index in [1.807, 2.05) is 0 Å². The Morgan fingerprint density at radius 3 is 2.33 bits per heavy atom. The number of carbonyl (C=O) groups excluding carboxylic acids is 1. The number of rotatable bonds is 5. The van der Waals surface area contributed by atoms with Crippen molar-refractivity contribution in [3.63, 3.8) is 0 Å². The Kier molecular flexibility index (Phi) is 5.61. The van der Waals surface area contributed by atoms with E-state index in [-0.39, 0.29) is 12.1 Å². The molecule has 0 atom stereocenters. The van der Waals surface area contributed by atoms with Gasteiger partial charge in [0.05, 0.1) is 31.2 Å². The molecular formula is C16H15BrFNO4S. The maximum atomic E-state index is 14.0. The first kappa shape index (κ1) is 18.4. The fourth-order valence-electron chi connectivity index (χ4n) is 2.09. The van der Waals surface area contributed by atoms with E-state index >= 15 is 0 Å².